The summed E-state index contributed by atoms with van der Waals surface area (Å²) in [4.78, 5) is 11.3. The molecule has 0 saturated carbocycles. The summed E-state index contributed by atoms with van der Waals surface area (Å²) in [6.45, 7) is 2.85. The Hall–Kier alpha value is -1.94. The van der Waals surface area contributed by atoms with Crippen LogP contribution in [0.4, 0.5) is 5.82 Å². The summed E-state index contributed by atoms with van der Waals surface area (Å²) in [6, 6.07) is 10.7. The van der Waals surface area contributed by atoms with Gasteiger partial charge in [0.25, 0.3) is 0 Å². The third-order valence-corrected chi connectivity index (χ3v) is 3.83. The van der Waals surface area contributed by atoms with Crippen molar-refractivity contribution < 1.29 is 0 Å². The van der Waals surface area contributed by atoms with Crippen molar-refractivity contribution in [3.63, 3.8) is 0 Å². The van der Waals surface area contributed by atoms with Crippen molar-refractivity contribution >= 4 is 5.82 Å². The van der Waals surface area contributed by atoms with E-state index in [-0.39, 0.29) is 0 Å². The van der Waals surface area contributed by atoms with E-state index in [1.54, 1.807) is 0 Å². The highest BCUT2D eigenvalue weighted by Crippen LogP contribution is 2.29. The quantitative estimate of drug-likeness (QED) is 0.923. The van der Waals surface area contributed by atoms with Crippen molar-refractivity contribution in [3.05, 3.63) is 54.0 Å². The number of rotatable bonds is 4. The molecule has 0 aliphatic carbocycles. The largest absolute Gasteiger partial charge is 0.355 e. The molecule has 1 aromatic heterocycles. The summed E-state index contributed by atoms with van der Waals surface area (Å²) in [5.74, 6) is 1.60. The lowest BCUT2D eigenvalue weighted by atomic mass is 9.99. The maximum Gasteiger partial charge on any atom is 0.147 e. The Morgan fingerprint density at radius 2 is 2.05 bits per heavy atom. The van der Waals surface area contributed by atoms with Crippen molar-refractivity contribution in [1.29, 1.82) is 0 Å². The van der Waals surface area contributed by atoms with Gasteiger partial charge >= 0.3 is 0 Å². The fraction of sp³-hybridized carbons (Fsp3) is 0.375. The molecule has 1 aromatic carbocycles. The summed E-state index contributed by atoms with van der Waals surface area (Å²) in [5.41, 5.74) is 2.41. The van der Waals surface area contributed by atoms with Crippen molar-refractivity contribution in [2.24, 2.45) is 0 Å². The first kappa shape index (κ1) is 13.1. The van der Waals surface area contributed by atoms with Gasteiger partial charge in [-0.25, -0.2) is 4.98 Å². The number of hydrogen-bond acceptors (Lipinski definition) is 4. The molecule has 20 heavy (non-hydrogen) atoms. The molecule has 4 heteroatoms. The summed E-state index contributed by atoms with van der Waals surface area (Å²) in [5, 5.41) is 3.09. The van der Waals surface area contributed by atoms with E-state index in [0.717, 1.165) is 31.1 Å². The Bertz CT molecular complexity index is 538. The van der Waals surface area contributed by atoms with E-state index in [4.69, 9.17) is 0 Å². The zero-order chi connectivity index (χ0) is 13.8. The summed E-state index contributed by atoms with van der Waals surface area (Å²) >= 11 is 0. The Morgan fingerprint density at radius 3 is 2.75 bits per heavy atom. The lowest BCUT2D eigenvalue weighted by Crippen LogP contribution is -2.21. The third-order valence-electron chi connectivity index (χ3n) is 3.83. The number of aromatic nitrogens is 2. The number of anilines is 1. The minimum Gasteiger partial charge on any atom is -0.355 e. The molecule has 104 valence electrons. The predicted molar refractivity (Wildman–Crippen MR) is 80.8 cm³/mol. The van der Waals surface area contributed by atoms with Gasteiger partial charge in [-0.05, 0) is 19.0 Å². The highest BCUT2D eigenvalue weighted by Gasteiger charge is 2.24. The van der Waals surface area contributed by atoms with E-state index in [2.05, 4.69) is 50.5 Å². The molecule has 1 N–H and O–H groups in total. The highest BCUT2D eigenvalue weighted by molar-refractivity contribution is 5.39. The van der Waals surface area contributed by atoms with Gasteiger partial charge in [0.15, 0.2) is 0 Å². The van der Waals surface area contributed by atoms with Crippen LogP contribution in [-0.4, -0.2) is 30.1 Å². The Morgan fingerprint density at radius 1 is 1.20 bits per heavy atom. The molecule has 0 radical (unpaired) electrons. The van der Waals surface area contributed by atoms with Crippen molar-refractivity contribution in [2.75, 3.05) is 25.0 Å². The molecule has 2 heterocycles. The van der Waals surface area contributed by atoms with Crippen LogP contribution in [0.1, 0.15) is 23.6 Å². The maximum absolute atomic E-state index is 4.53. The number of nitrogens with one attached hydrogen (secondary N) is 1. The first-order valence-electron chi connectivity index (χ1n) is 7.12. The molecular weight excluding hydrogens is 248 g/mol. The topological polar surface area (TPSA) is 41.1 Å². The second-order valence-corrected chi connectivity index (χ2v) is 5.24. The highest BCUT2D eigenvalue weighted by atomic mass is 15.2. The second kappa shape index (κ2) is 6.01. The average molecular weight is 268 g/mol. The Kier molecular flexibility index (Phi) is 3.92. The predicted octanol–water partition coefficient (Wildman–Crippen LogP) is 2.19. The van der Waals surface area contributed by atoms with Crippen LogP contribution in [0.5, 0.6) is 0 Å². The zero-order valence-electron chi connectivity index (χ0n) is 11.8. The van der Waals surface area contributed by atoms with Crippen LogP contribution in [-0.2, 0) is 6.54 Å². The lowest BCUT2D eigenvalue weighted by molar-refractivity contribution is 0.770. The molecule has 0 spiro atoms. The average Bonchev–Trinajstić information content (AvgIpc) is 2.99. The molecule has 4 nitrogen and oxygen atoms in total. The molecule has 0 amide bonds. The van der Waals surface area contributed by atoms with Crippen LogP contribution in [0.3, 0.4) is 0 Å². The maximum atomic E-state index is 4.53. The van der Waals surface area contributed by atoms with Gasteiger partial charge in [-0.2, -0.15) is 0 Å². The van der Waals surface area contributed by atoms with Crippen molar-refractivity contribution in [2.45, 2.75) is 18.9 Å². The molecule has 1 unspecified atom stereocenters. The SMILES string of the molecule is CNCc1cnc(N2CCC(c3ccccc3)C2)cn1. The van der Waals surface area contributed by atoms with Crippen molar-refractivity contribution in [1.82, 2.24) is 15.3 Å². The fourth-order valence-corrected chi connectivity index (χ4v) is 2.75. The monoisotopic (exact) mass is 268 g/mol. The first-order chi connectivity index (χ1) is 9.86. The van der Waals surface area contributed by atoms with Crippen LogP contribution in [0, 0.1) is 0 Å². The zero-order valence-corrected chi connectivity index (χ0v) is 11.8. The van der Waals surface area contributed by atoms with Gasteiger partial charge in [-0.1, -0.05) is 30.3 Å². The molecule has 1 aliphatic rings. The Labute approximate surface area is 119 Å². The van der Waals surface area contributed by atoms with E-state index < -0.39 is 0 Å². The lowest BCUT2D eigenvalue weighted by Gasteiger charge is -2.17. The van der Waals surface area contributed by atoms with Crippen LogP contribution in [0.25, 0.3) is 0 Å². The molecule has 3 rings (SSSR count). The second-order valence-electron chi connectivity index (χ2n) is 5.24. The van der Waals surface area contributed by atoms with Gasteiger partial charge in [-0.15, -0.1) is 0 Å². The first-order valence-corrected chi connectivity index (χ1v) is 7.12. The molecule has 2 aromatic rings. The van der Waals surface area contributed by atoms with Gasteiger partial charge in [0.1, 0.15) is 5.82 Å². The van der Waals surface area contributed by atoms with E-state index >= 15 is 0 Å². The normalized spacial score (nSPS) is 18.4. The van der Waals surface area contributed by atoms with E-state index in [1.165, 1.54) is 12.0 Å². The molecule has 1 saturated heterocycles. The summed E-state index contributed by atoms with van der Waals surface area (Å²) in [6.07, 6.45) is 4.94. The number of hydrogen-bond donors (Lipinski definition) is 1. The van der Waals surface area contributed by atoms with Gasteiger partial charge in [0.05, 0.1) is 18.1 Å². The van der Waals surface area contributed by atoms with Gasteiger partial charge in [0.2, 0.25) is 0 Å². The smallest absolute Gasteiger partial charge is 0.147 e. The van der Waals surface area contributed by atoms with Crippen LogP contribution in [0.15, 0.2) is 42.7 Å². The number of benzene rings is 1. The fourth-order valence-electron chi connectivity index (χ4n) is 2.75. The molecular formula is C16H20N4. The van der Waals surface area contributed by atoms with Crippen LogP contribution >= 0.6 is 0 Å². The molecule has 1 atom stereocenters. The van der Waals surface area contributed by atoms with Crippen LogP contribution in [0.2, 0.25) is 0 Å². The summed E-state index contributed by atoms with van der Waals surface area (Å²) in [7, 11) is 1.92. The van der Waals surface area contributed by atoms with Gasteiger partial charge in [-0.3, -0.25) is 4.98 Å². The Balaban J connectivity index is 1.67. The van der Waals surface area contributed by atoms with Gasteiger partial charge in [0, 0.05) is 25.6 Å². The number of nitrogens with zero attached hydrogens (tertiary/aromatic N) is 3. The van der Waals surface area contributed by atoms with Gasteiger partial charge < -0.3 is 10.2 Å². The molecule has 1 aliphatic heterocycles. The van der Waals surface area contributed by atoms with E-state index in [1.807, 2.05) is 19.4 Å². The minimum atomic E-state index is 0.606. The van der Waals surface area contributed by atoms with Crippen molar-refractivity contribution in [3.8, 4) is 0 Å². The van der Waals surface area contributed by atoms with E-state index in [9.17, 15) is 0 Å². The molecule has 0 bridgehead atoms. The van der Waals surface area contributed by atoms with Crippen LogP contribution < -0.4 is 10.2 Å². The molecule has 1 fully saturated rings. The minimum absolute atomic E-state index is 0.606. The third kappa shape index (κ3) is 2.80. The standard InChI is InChI=1S/C16H20N4/c1-17-9-15-10-19-16(11-18-15)20-8-7-14(12-20)13-5-3-2-4-6-13/h2-6,10-11,14,17H,7-9,12H2,1H3. The van der Waals surface area contributed by atoms with E-state index in [0.29, 0.717) is 5.92 Å². The summed E-state index contributed by atoms with van der Waals surface area (Å²) < 4.78 is 0.